The van der Waals surface area contributed by atoms with Gasteiger partial charge >= 0.3 is 0 Å². The van der Waals surface area contributed by atoms with Crippen LogP contribution < -0.4 is 5.14 Å². The number of rotatable bonds is 2. The molecule has 0 heterocycles. The van der Waals surface area contributed by atoms with Crippen molar-refractivity contribution >= 4 is 10.0 Å². The van der Waals surface area contributed by atoms with Crippen LogP contribution in [0.3, 0.4) is 0 Å². The zero-order valence-corrected chi connectivity index (χ0v) is 7.23. The van der Waals surface area contributed by atoms with Crippen molar-refractivity contribution in [2.24, 2.45) is 5.14 Å². The van der Waals surface area contributed by atoms with E-state index in [2.05, 4.69) is 0 Å². The maximum Gasteiger partial charge on any atom is 0.212 e. The van der Waals surface area contributed by atoms with Crippen molar-refractivity contribution < 1.29 is 8.42 Å². The molecule has 0 spiro atoms. The Balaban J connectivity index is 2.55. The second-order valence-corrected chi connectivity index (χ2v) is 4.53. The lowest BCUT2D eigenvalue weighted by Crippen LogP contribution is -2.18. The Bertz CT molecular complexity index is 254. The average Bonchev–Trinajstić information content (AvgIpc) is 1.85. The van der Waals surface area contributed by atoms with Gasteiger partial charge in [0.1, 0.15) is 0 Å². The third-order valence-corrected chi connectivity index (χ3v) is 2.54. The van der Waals surface area contributed by atoms with E-state index in [1.54, 1.807) is 0 Å². The van der Waals surface area contributed by atoms with Crippen LogP contribution in [0.1, 0.15) is 25.7 Å². The largest absolute Gasteiger partial charge is 0.228 e. The van der Waals surface area contributed by atoms with E-state index in [0.29, 0.717) is 0 Å². The minimum atomic E-state index is -3.29. The molecule has 0 atom stereocenters. The molecule has 0 unspecified atom stereocenters. The first-order valence-corrected chi connectivity index (χ1v) is 5.48. The fraction of sp³-hybridized carbons (Fsp3) is 0.714. The molecule has 4 heteroatoms. The number of sulfonamides is 1. The summed E-state index contributed by atoms with van der Waals surface area (Å²) in [5, 5.41) is 4.90. The fourth-order valence-electron chi connectivity index (χ4n) is 1.29. The van der Waals surface area contributed by atoms with E-state index >= 15 is 0 Å². The van der Waals surface area contributed by atoms with E-state index in [1.807, 2.05) is 6.08 Å². The van der Waals surface area contributed by atoms with Gasteiger partial charge in [-0.3, -0.25) is 0 Å². The lowest BCUT2D eigenvalue weighted by Gasteiger charge is -2.10. The zero-order chi connectivity index (χ0) is 8.32. The highest BCUT2D eigenvalue weighted by atomic mass is 32.2. The predicted molar refractivity (Wildman–Crippen MR) is 44.5 cm³/mol. The summed E-state index contributed by atoms with van der Waals surface area (Å²) in [5.74, 6) is 0.0486. The van der Waals surface area contributed by atoms with Gasteiger partial charge in [0.15, 0.2) is 0 Å². The quantitative estimate of drug-likeness (QED) is 0.630. The average molecular weight is 175 g/mol. The van der Waals surface area contributed by atoms with E-state index in [-0.39, 0.29) is 5.75 Å². The molecule has 2 N–H and O–H groups in total. The van der Waals surface area contributed by atoms with Gasteiger partial charge in [-0.25, -0.2) is 13.6 Å². The van der Waals surface area contributed by atoms with Crippen molar-refractivity contribution in [3.05, 3.63) is 11.6 Å². The highest BCUT2D eigenvalue weighted by Crippen LogP contribution is 2.17. The zero-order valence-electron chi connectivity index (χ0n) is 6.41. The van der Waals surface area contributed by atoms with Crippen molar-refractivity contribution in [1.29, 1.82) is 0 Å². The summed E-state index contributed by atoms with van der Waals surface area (Å²) in [6.07, 6.45) is 6.17. The molecular formula is C7H13NO2S. The molecule has 1 rings (SSSR count). The summed E-state index contributed by atoms with van der Waals surface area (Å²) >= 11 is 0. The molecule has 0 bridgehead atoms. The Labute approximate surface area is 67.3 Å². The lowest BCUT2D eigenvalue weighted by atomic mass is 10.0. The fourth-order valence-corrected chi connectivity index (χ4v) is 2.07. The molecule has 0 aromatic heterocycles. The van der Waals surface area contributed by atoms with Crippen LogP contribution in [0.5, 0.6) is 0 Å². The van der Waals surface area contributed by atoms with Crippen LogP contribution in [0, 0.1) is 0 Å². The summed E-state index contributed by atoms with van der Waals surface area (Å²) in [5.41, 5.74) is 0.985. The van der Waals surface area contributed by atoms with Crippen LogP contribution >= 0.6 is 0 Å². The molecule has 3 nitrogen and oxygen atoms in total. The molecule has 11 heavy (non-hydrogen) atoms. The second-order valence-electron chi connectivity index (χ2n) is 2.92. The van der Waals surface area contributed by atoms with Gasteiger partial charge < -0.3 is 0 Å². The molecule has 64 valence electrons. The lowest BCUT2D eigenvalue weighted by molar-refractivity contribution is 0.597. The van der Waals surface area contributed by atoms with E-state index in [9.17, 15) is 8.42 Å². The van der Waals surface area contributed by atoms with E-state index in [4.69, 9.17) is 5.14 Å². The summed E-state index contributed by atoms with van der Waals surface area (Å²) < 4.78 is 21.3. The third-order valence-electron chi connectivity index (χ3n) is 1.77. The summed E-state index contributed by atoms with van der Waals surface area (Å²) in [7, 11) is -3.29. The molecule has 0 amide bonds. The van der Waals surface area contributed by atoms with Gasteiger partial charge in [0.05, 0.1) is 5.75 Å². The minimum Gasteiger partial charge on any atom is -0.228 e. The first-order chi connectivity index (χ1) is 5.08. The predicted octanol–water partition coefficient (Wildman–Crippen LogP) is 0.775. The Kier molecular flexibility index (Phi) is 2.67. The van der Waals surface area contributed by atoms with Gasteiger partial charge in [0, 0.05) is 0 Å². The monoisotopic (exact) mass is 175 g/mol. The number of hydrogen-bond donors (Lipinski definition) is 1. The number of nitrogens with two attached hydrogens (primary N) is 1. The van der Waals surface area contributed by atoms with Crippen LogP contribution in [0.2, 0.25) is 0 Å². The number of allylic oxidation sites excluding steroid dienone is 1. The van der Waals surface area contributed by atoms with Gasteiger partial charge in [0.2, 0.25) is 10.0 Å². The van der Waals surface area contributed by atoms with E-state index in [0.717, 1.165) is 24.8 Å². The van der Waals surface area contributed by atoms with Crippen molar-refractivity contribution in [3.8, 4) is 0 Å². The number of primary sulfonamides is 1. The van der Waals surface area contributed by atoms with Crippen LogP contribution in [0.25, 0.3) is 0 Å². The molecule has 0 fully saturated rings. The molecule has 0 saturated heterocycles. The van der Waals surface area contributed by atoms with E-state index < -0.39 is 10.0 Å². The first-order valence-electron chi connectivity index (χ1n) is 3.76. The molecular weight excluding hydrogens is 162 g/mol. The van der Waals surface area contributed by atoms with Gasteiger partial charge in [-0.1, -0.05) is 11.6 Å². The third kappa shape index (κ3) is 3.53. The maximum atomic E-state index is 10.6. The Morgan fingerprint density at radius 2 is 2.18 bits per heavy atom. The smallest absolute Gasteiger partial charge is 0.212 e. The van der Waals surface area contributed by atoms with Gasteiger partial charge in [-0.2, -0.15) is 0 Å². The standard InChI is InChI=1S/C7H13NO2S/c8-11(9,10)6-7-4-2-1-3-5-7/h4H,1-3,5-6H2,(H2,8,9,10). The van der Waals surface area contributed by atoms with Gasteiger partial charge in [-0.05, 0) is 25.7 Å². The van der Waals surface area contributed by atoms with Crippen molar-refractivity contribution in [2.75, 3.05) is 5.75 Å². The first kappa shape index (κ1) is 8.74. The van der Waals surface area contributed by atoms with Crippen molar-refractivity contribution in [3.63, 3.8) is 0 Å². The molecule has 0 aromatic carbocycles. The Hall–Kier alpha value is -0.350. The highest BCUT2D eigenvalue weighted by molar-refractivity contribution is 7.89. The second kappa shape index (κ2) is 3.36. The molecule has 1 aliphatic carbocycles. The Morgan fingerprint density at radius 1 is 1.45 bits per heavy atom. The van der Waals surface area contributed by atoms with Crippen LogP contribution in [0.15, 0.2) is 11.6 Å². The molecule has 0 radical (unpaired) electrons. The minimum absolute atomic E-state index is 0.0486. The Morgan fingerprint density at radius 3 is 2.64 bits per heavy atom. The van der Waals surface area contributed by atoms with E-state index in [1.165, 1.54) is 6.42 Å². The van der Waals surface area contributed by atoms with Crippen molar-refractivity contribution in [1.82, 2.24) is 0 Å². The molecule has 1 aliphatic rings. The summed E-state index contributed by atoms with van der Waals surface area (Å²) in [4.78, 5) is 0. The van der Waals surface area contributed by atoms with Crippen LogP contribution in [0.4, 0.5) is 0 Å². The molecule has 0 aliphatic heterocycles. The van der Waals surface area contributed by atoms with Crippen LogP contribution in [-0.4, -0.2) is 14.2 Å². The highest BCUT2D eigenvalue weighted by Gasteiger charge is 2.09. The van der Waals surface area contributed by atoms with Crippen LogP contribution in [-0.2, 0) is 10.0 Å². The molecule has 0 aromatic rings. The SMILES string of the molecule is NS(=O)(=O)CC1=CCCCC1. The number of hydrogen-bond acceptors (Lipinski definition) is 2. The van der Waals surface area contributed by atoms with Gasteiger partial charge in [-0.15, -0.1) is 0 Å². The molecule has 0 saturated carbocycles. The normalized spacial score (nSPS) is 19.5. The summed E-state index contributed by atoms with van der Waals surface area (Å²) in [6, 6.07) is 0. The van der Waals surface area contributed by atoms with Crippen molar-refractivity contribution in [2.45, 2.75) is 25.7 Å². The van der Waals surface area contributed by atoms with Gasteiger partial charge in [0.25, 0.3) is 0 Å². The summed E-state index contributed by atoms with van der Waals surface area (Å²) in [6.45, 7) is 0. The maximum absolute atomic E-state index is 10.6. The topological polar surface area (TPSA) is 60.2 Å².